The van der Waals surface area contributed by atoms with Crippen molar-refractivity contribution in [1.29, 1.82) is 0 Å². The van der Waals surface area contributed by atoms with Crippen LogP contribution in [0.3, 0.4) is 0 Å². The molecule has 2 heterocycles. The zero-order valence-electron chi connectivity index (χ0n) is 11.1. The second kappa shape index (κ2) is 5.78. The summed E-state index contributed by atoms with van der Waals surface area (Å²) in [6.45, 7) is 0. The fraction of sp³-hybridized carbons (Fsp3) is 0. The molecule has 8 heteroatoms. The molecule has 0 bridgehead atoms. The third-order valence-corrected chi connectivity index (χ3v) is 4.05. The lowest BCUT2D eigenvalue weighted by Crippen LogP contribution is -2.19. The fourth-order valence-electron chi connectivity index (χ4n) is 1.92. The van der Waals surface area contributed by atoms with Gasteiger partial charge in [-0.15, -0.1) is 21.5 Å². The molecule has 0 saturated carbocycles. The van der Waals surface area contributed by atoms with Gasteiger partial charge < -0.3 is 15.5 Å². The van der Waals surface area contributed by atoms with Gasteiger partial charge in [-0.2, -0.15) is 0 Å². The predicted octanol–water partition coefficient (Wildman–Crippen LogP) is 2.77. The maximum atomic E-state index is 11.1. The van der Waals surface area contributed by atoms with Crippen molar-refractivity contribution in [3.05, 3.63) is 42.3 Å². The summed E-state index contributed by atoms with van der Waals surface area (Å²) in [6, 6.07) is 8.17. The monoisotopic (exact) mass is 314 g/mol. The largest absolute Gasteiger partial charge is 0.423 e. The first-order chi connectivity index (χ1) is 10.7. The molecule has 0 radical (unpaired) electrons. The molecule has 110 valence electrons. The molecule has 2 aromatic heterocycles. The van der Waals surface area contributed by atoms with Crippen molar-refractivity contribution in [2.45, 2.75) is 0 Å². The van der Waals surface area contributed by atoms with Gasteiger partial charge in [0.2, 0.25) is 6.39 Å². The highest BCUT2D eigenvalue weighted by molar-refractivity contribution is 7.19. The van der Waals surface area contributed by atoms with Crippen LogP contribution < -0.4 is 11.1 Å². The van der Waals surface area contributed by atoms with Crippen LogP contribution in [-0.2, 0) is 0 Å². The van der Waals surface area contributed by atoms with Crippen LogP contribution in [0.1, 0.15) is 10.4 Å². The van der Waals surface area contributed by atoms with Crippen LogP contribution in [0.5, 0.6) is 0 Å². The Balaban J connectivity index is 2.05. The molecule has 0 aliphatic carbocycles. The summed E-state index contributed by atoms with van der Waals surface area (Å²) in [6.07, 6.45) is 1.99. The topological polar surface area (TPSA) is 111 Å². The zero-order valence-corrected chi connectivity index (χ0v) is 12.0. The minimum Gasteiger partial charge on any atom is -0.423 e. The summed E-state index contributed by atoms with van der Waals surface area (Å²) in [7, 11) is 0. The van der Waals surface area contributed by atoms with Crippen molar-refractivity contribution in [2.24, 2.45) is 5.73 Å². The first-order valence-electron chi connectivity index (χ1n) is 6.20. The van der Waals surface area contributed by atoms with Gasteiger partial charge in [0.25, 0.3) is 5.89 Å². The summed E-state index contributed by atoms with van der Waals surface area (Å²) in [5.41, 5.74) is 7.17. The van der Waals surface area contributed by atoms with Gasteiger partial charge in [-0.3, -0.25) is 4.79 Å². The highest BCUT2D eigenvalue weighted by Crippen LogP contribution is 2.40. The summed E-state index contributed by atoms with van der Waals surface area (Å²) in [5, 5.41) is 10.0. The molecule has 0 spiro atoms. The Kier molecular flexibility index (Phi) is 3.67. The lowest BCUT2D eigenvalue weighted by molar-refractivity contribution is 0.112. The second-order valence-corrected chi connectivity index (χ2v) is 5.38. The van der Waals surface area contributed by atoms with Crippen LogP contribution in [0.4, 0.5) is 10.5 Å². The number of benzene rings is 1. The Morgan fingerprint density at radius 2 is 2.09 bits per heavy atom. The Morgan fingerprint density at radius 1 is 1.32 bits per heavy atom. The Bertz CT molecular complexity index is 809. The van der Waals surface area contributed by atoms with Crippen LogP contribution in [0, 0.1) is 0 Å². The molecule has 0 saturated heterocycles. The molecule has 0 atom stereocenters. The van der Waals surface area contributed by atoms with E-state index in [0.29, 0.717) is 22.0 Å². The van der Waals surface area contributed by atoms with E-state index in [2.05, 4.69) is 15.5 Å². The van der Waals surface area contributed by atoms with Crippen LogP contribution in [-0.4, -0.2) is 22.5 Å². The van der Waals surface area contributed by atoms with E-state index in [1.165, 1.54) is 17.7 Å². The number of hydrogen-bond donors (Lipinski definition) is 2. The van der Waals surface area contributed by atoms with Crippen LogP contribution in [0.2, 0.25) is 0 Å². The quantitative estimate of drug-likeness (QED) is 0.719. The van der Waals surface area contributed by atoms with Crippen molar-refractivity contribution < 1.29 is 14.0 Å². The molecule has 0 unspecified atom stereocenters. The summed E-state index contributed by atoms with van der Waals surface area (Å²) in [5.74, 6) is 0.296. The molecule has 7 nitrogen and oxygen atoms in total. The molecule has 0 fully saturated rings. The number of aromatic nitrogens is 2. The number of anilines is 1. The molecular formula is C14H10N4O3S. The molecule has 0 aliphatic rings. The van der Waals surface area contributed by atoms with Gasteiger partial charge in [0.05, 0.1) is 5.69 Å². The van der Waals surface area contributed by atoms with E-state index in [0.717, 1.165) is 16.7 Å². The number of amides is 2. The normalized spacial score (nSPS) is 10.4. The number of nitrogens with two attached hydrogens (primary N) is 1. The standard InChI is InChI=1S/C14H10N4O3S/c15-14(20)17-10-5-11(9-3-1-8(6-19)2-4-9)22-12(10)13-18-16-7-21-13/h1-7H,(H3,15,17,20). The molecule has 3 aromatic rings. The molecule has 1 aromatic carbocycles. The van der Waals surface area contributed by atoms with E-state index in [-0.39, 0.29) is 0 Å². The van der Waals surface area contributed by atoms with Crippen molar-refractivity contribution in [3.8, 4) is 21.2 Å². The predicted molar refractivity (Wildman–Crippen MR) is 81.6 cm³/mol. The molecule has 3 N–H and O–H groups in total. The first-order valence-corrected chi connectivity index (χ1v) is 7.01. The Morgan fingerprint density at radius 3 is 2.68 bits per heavy atom. The Hall–Kier alpha value is -3.00. The van der Waals surface area contributed by atoms with Crippen LogP contribution >= 0.6 is 11.3 Å². The van der Waals surface area contributed by atoms with Gasteiger partial charge in [0.1, 0.15) is 11.2 Å². The lowest BCUT2D eigenvalue weighted by atomic mass is 10.1. The van der Waals surface area contributed by atoms with Gasteiger partial charge in [0, 0.05) is 10.4 Å². The molecular weight excluding hydrogens is 304 g/mol. The Labute approximate surface area is 128 Å². The molecule has 2 amide bonds. The number of urea groups is 1. The van der Waals surface area contributed by atoms with Crippen molar-refractivity contribution in [2.75, 3.05) is 5.32 Å². The number of aldehydes is 1. The molecule has 3 rings (SSSR count). The summed E-state index contributed by atoms with van der Waals surface area (Å²) in [4.78, 5) is 23.3. The maximum absolute atomic E-state index is 11.1. The van der Waals surface area contributed by atoms with Gasteiger partial charge in [-0.1, -0.05) is 24.3 Å². The first kappa shape index (κ1) is 14.0. The van der Waals surface area contributed by atoms with Crippen molar-refractivity contribution in [1.82, 2.24) is 10.2 Å². The van der Waals surface area contributed by atoms with E-state index >= 15 is 0 Å². The minimum atomic E-state index is -0.679. The lowest BCUT2D eigenvalue weighted by Gasteiger charge is -1.99. The van der Waals surface area contributed by atoms with E-state index in [4.69, 9.17) is 10.2 Å². The number of nitrogens with one attached hydrogen (secondary N) is 1. The third-order valence-electron chi connectivity index (χ3n) is 2.88. The third kappa shape index (κ3) is 2.72. The SMILES string of the molecule is NC(=O)Nc1cc(-c2ccc(C=O)cc2)sc1-c1nnco1. The highest BCUT2D eigenvalue weighted by atomic mass is 32.1. The van der Waals surface area contributed by atoms with E-state index in [1.54, 1.807) is 18.2 Å². The smallest absolute Gasteiger partial charge is 0.316 e. The fourth-order valence-corrected chi connectivity index (χ4v) is 2.96. The minimum absolute atomic E-state index is 0.296. The summed E-state index contributed by atoms with van der Waals surface area (Å²) < 4.78 is 5.18. The number of nitrogens with zero attached hydrogens (tertiary/aromatic N) is 2. The number of rotatable bonds is 4. The van der Waals surface area contributed by atoms with Gasteiger partial charge in [-0.25, -0.2) is 4.79 Å². The van der Waals surface area contributed by atoms with Gasteiger partial charge in [0.15, 0.2) is 0 Å². The maximum Gasteiger partial charge on any atom is 0.316 e. The van der Waals surface area contributed by atoms with Crippen molar-refractivity contribution >= 4 is 29.3 Å². The average Bonchev–Trinajstić information content (AvgIpc) is 3.16. The van der Waals surface area contributed by atoms with Gasteiger partial charge in [-0.05, 0) is 11.6 Å². The van der Waals surface area contributed by atoms with Crippen LogP contribution in [0.15, 0.2) is 41.1 Å². The highest BCUT2D eigenvalue weighted by Gasteiger charge is 2.17. The number of carbonyl (C=O) groups is 2. The zero-order chi connectivity index (χ0) is 15.5. The van der Waals surface area contributed by atoms with Gasteiger partial charge >= 0.3 is 6.03 Å². The number of thiophene rings is 1. The van der Waals surface area contributed by atoms with Crippen molar-refractivity contribution in [3.63, 3.8) is 0 Å². The summed E-state index contributed by atoms with van der Waals surface area (Å²) >= 11 is 1.37. The van der Waals surface area contributed by atoms with E-state index in [1.807, 2.05) is 12.1 Å². The second-order valence-electron chi connectivity index (χ2n) is 4.33. The average molecular weight is 314 g/mol. The van der Waals surface area contributed by atoms with E-state index < -0.39 is 6.03 Å². The number of hydrogen-bond acceptors (Lipinski definition) is 6. The molecule has 0 aliphatic heterocycles. The molecule has 22 heavy (non-hydrogen) atoms. The van der Waals surface area contributed by atoms with E-state index in [9.17, 15) is 9.59 Å². The van der Waals surface area contributed by atoms with Crippen LogP contribution in [0.25, 0.3) is 21.2 Å². The number of carbonyl (C=O) groups excluding carboxylic acids is 2. The number of primary amides is 1.